The molecule has 2 amide bonds. The van der Waals surface area contributed by atoms with Gasteiger partial charge in [0.1, 0.15) is 5.75 Å². The molecule has 2 aromatic heterocycles. The maximum Gasteiger partial charge on any atom is 0.276 e. The van der Waals surface area contributed by atoms with Crippen molar-refractivity contribution >= 4 is 17.5 Å². The first-order valence-corrected chi connectivity index (χ1v) is 11.5. The lowest BCUT2D eigenvalue weighted by Crippen LogP contribution is -2.28. The second-order valence-electron chi connectivity index (χ2n) is 9.59. The van der Waals surface area contributed by atoms with Crippen molar-refractivity contribution in [3.63, 3.8) is 0 Å². The van der Waals surface area contributed by atoms with Gasteiger partial charge in [-0.1, -0.05) is 46.8 Å². The molecular formula is C25H34N6O3. The number of amides is 2. The Hall–Kier alpha value is -3.62. The van der Waals surface area contributed by atoms with Crippen LogP contribution < -0.4 is 15.4 Å². The average Bonchev–Trinajstić information content (AvgIpc) is 3.43. The predicted octanol–water partition coefficient (Wildman–Crippen LogP) is 4.07. The molecule has 0 spiro atoms. The number of anilines is 1. The minimum absolute atomic E-state index is 0.0748. The van der Waals surface area contributed by atoms with E-state index in [-0.39, 0.29) is 29.4 Å². The lowest BCUT2D eigenvalue weighted by Gasteiger charge is -2.19. The van der Waals surface area contributed by atoms with E-state index in [2.05, 4.69) is 41.6 Å². The van der Waals surface area contributed by atoms with Gasteiger partial charge in [-0.15, -0.1) is 0 Å². The zero-order valence-corrected chi connectivity index (χ0v) is 20.8. The normalized spacial score (nSPS) is 11.5. The summed E-state index contributed by atoms with van der Waals surface area (Å²) in [6.45, 7) is 13.7. The van der Waals surface area contributed by atoms with Crippen LogP contribution in [0.15, 0.2) is 42.7 Å². The maximum absolute atomic E-state index is 12.8. The molecule has 182 valence electrons. The van der Waals surface area contributed by atoms with Crippen LogP contribution in [0.5, 0.6) is 5.75 Å². The van der Waals surface area contributed by atoms with Crippen LogP contribution in [-0.2, 0) is 18.7 Å². The highest BCUT2D eigenvalue weighted by Gasteiger charge is 2.20. The molecule has 0 aliphatic rings. The molecular weight excluding hydrogens is 432 g/mol. The van der Waals surface area contributed by atoms with E-state index in [4.69, 9.17) is 4.74 Å². The fourth-order valence-corrected chi connectivity index (χ4v) is 3.16. The van der Waals surface area contributed by atoms with Crippen molar-refractivity contribution in [3.8, 4) is 5.75 Å². The molecule has 1 aromatic carbocycles. The smallest absolute Gasteiger partial charge is 0.276 e. The maximum atomic E-state index is 12.8. The predicted molar refractivity (Wildman–Crippen MR) is 131 cm³/mol. The Kier molecular flexibility index (Phi) is 7.75. The summed E-state index contributed by atoms with van der Waals surface area (Å²) < 4.78 is 8.94. The summed E-state index contributed by atoms with van der Waals surface area (Å²) in [7, 11) is 0. The molecule has 0 saturated heterocycles. The lowest BCUT2D eigenvalue weighted by molar-refractivity contribution is 0.0944. The van der Waals surface area contributed by atoms with Crippen molar-refractivity contribution in [1.29, 1.82) is 0 Å². The van der Waals surface area contributed by atoms with Gasteiger partial charge < -0.3 is 15.4 Å². The van der Waals surface area contributed by atoms with Crippen molar-refractivity contribution in [2.24, 2.45) is 5.92 Å². The summed E-state index contributed by atoms with van der Waals surface area (Å²) in [5.41, 5.74) is 2.03. The third-order valence-corrected chi connectivity index (χ3v) is 5.18. The van der Waals surface area contributed by atoms with E-state index in [1.54, 1.807) is 23.1 Å². The van der Waals surface area contributed by atoms with Crippen LogP contribution in [0.4, 0.5) is 5.69 Å². The SMILES string of the molecule is CCn1cc(NC(=O)c2ccn(COc3ccc(C(C)(C)C)cc3)n2)c(C(=O)NCC(C)C)n1. The number of rotatable bonds is 9. The van der Waals surface area contributed by atoms with E-state index >= 15 is 0 Å². The lowest BCUT2D eigenvalue weighted by atomic mass is 9.87. The van der Waals surface area contributed by atoms with E-state index in [0.29, 0.717) is 24.7 Å². The molecule has 0 aliphatic heterocycles. The molecule has 0 atom stereocenters. The molecule has 3 rings (SSSR count). The van der Waals surface area contributed by atoms with E-state index in [1.807, 2.05) is 45.0 Å². The van der Waals surface area contributed by atoms with Crippen molar-refractivity contribution in [2.75, 3.05) is 11.9 Å². The highest BCUT2D eigenvalue weighted by Crippen LogP contribution is 2.24. The summed E-state index contributed by atoms with van der Waals surface area (Å²) in [5.74, 6) is 0.269. The Morgan fingerprint density at radius 1 is 1.03 bits per heavy atom. The minimum Gasteiger partial charge on any atom is -0.471 e. The third-order valence-electron chi connectivity index (χ3n) is 5.18. The first-order chi connectivity index (χ1) is 16.1. The second-order valence-corrected chi connectivity index (χ2v) is 9.59. The Labute approximate surface area is 200 Å². The van der Waals surface area contributed by atoms with E-state index in [1.165, 1.54) is 10.2 Å². The van der Waals surface area contributed by atoms with Crippen LogP contribution >= 0.6 is 0 Å². The van der Waals surface area contributed by atoms with E-state index in [9.17, 15) is 9.59 Å². The molecule has 34 heavy (non-hydrogen) atoms. The summed E-state index contributed by atoms with van der Waals surface area (Å²) in [6.07, 6.45) is 3.31. The van der Waals surface area contributed by atoms with E-state index < -0.39 is 5.91 Å². The zero-order chi connectivity index (χ0) is 24.9. The number of aryl methyl sites for hydroxylation is 1. The van der Waals surface area contributed by atoms with Gasteiger partial charge in [0.05, 0.1) is 5.69 Å². The number of carbonyl (C=O) groups excluding carboxylic acids is 2. The highest BCUT2D eigenvalue weighted by atomic mass is 16.5. The molecule has 0 radical (unpaired) electrons. The Balaban J connectivity index is 1.63. The molecule has 9 heteroatoms. The Morgan fingerprint density at radius 3 is 2.35 bits per heavy atom. The average molecular weight is 467 g/mol. The minimum atomic E-state index is -0.429. The molecule has 0 unspecified atom stereocenters. The van der Waals surface area contributed by atoms with Crippen molar-refractivity contribution in [1.82, 2.24) is 24.9 Å². The molecule has 9 nitrogen and oxygen atoms in total. The molecule has 2 N–H and O–H groups in total. The zero-order valence-electron chi connectivity index (χ0n) is 20.8. The fraction of sp³-hybridized carbons (Fsp3) is 0.440. The first-order valence-electron chi connectivity index (χ1n) is 11.5. The topological polar surface area (TPSA) is 103 Å². The quantitative estimate of drug-likeness (QED) is 0.495. The molecule has 0 saturated carbocycles. The number of aromatic nitrogens is 4. The Bertz CT molecular complexity index is 1120. The number of hydrogen-bond acceptors (Lipinski definition) is 5. The van der Waals surface area contributed by atoms with Crippen LogP contribution in [0.1, 0.15) is 68.1 Å². The first kappa shape index (κ1) is 25.0. The van der Waals surface area contributed by atoms with Gasteiger partial charge in [0.15, 0.2) is 18.1 Å². The molecule has 0 fully saturated rings. The van der Waals surface area contributed by atoms with Crippen LogP contribution in [0, 0.1) is 5.92 Å². The van der Waals surface area contributed by atoms with Crippen LogP contribution in [0.3, 0.4) is 0 Å². The summed E-state index contributed by atoms with van der Waals surface area (Å²) in [6, 6.07) is 9.54. The fourth-order valence-electron chi connectivity index (χ4n) is 3.16. The molecule has 0 bridgehead atoms. The van der Waals surface area contributed by atoms with Crippen molar-refractivity contribution < 1.29 is 14.3 Å². The van der Waals surface area contributed by atoms with Gasteiger partial charge in [-0.2, -0.15) is 10.2 Å². The third kappa shape index (κ3) is 6.46. The second kappa shape index (κ2) is 10.5. The van der Waals surface area contributed by atoms with Gasteiger partial charge in [0.2, 0.25) is 0 Å². The number of hydrogen-bond donors (Lipinski definition) is 2. The van der Waals surface area contributed by atoms with Crippen molar-refractivity contribution in [3.05, 3.63) is 59.7 Å². The number of nitrogens with one attached hydrogen (secondary N) is 2. The van der Waals surface area contributed by atoms with Gasteiger partial charge in [0.25, 0.3) is 11.8 Å². The van der Waals surface area contributed by atoms with Crippen LogP contribution in [0.2, 0.25) is 0 Å². The van der Waals surface area contributed by atoms with Gasteiger partial charge in [-0.25, -0.2) is 4.68 Å². The molecule has 0 aliphatic carbocycles. The molecule has 2 heterocycles. The van der Waals surface area contributed by atoms with Crippen LogP contribution in [-0.4, -0.2) is 37.9 Å². The highest BCUT2D eigenvalue weighted by molar-refractivity contribution is 6.07. The number of benzene rings is 1. The van der Waals surface area contributed by atoms with Gasteiger partial charge >= 0.3 is 0 Å². The number of nitrogens with zero attached hydrogens (tertiary/aromatic N) is 4. The summed E-state index contributed by atoms with van der Waals surface area (Å²) in [4.78, 5) is 25.3. The van der Waals surface area contributed by atoms with Crippen molar-refractivity contribution in [2.45, 2.75) is 60.2 Å². The standard InChI is InChI=1S/C25H34N6O3/c1-7-30-15-21(22(29-30)24(33)26-14-17(2)3)27-23(32)20-12-13-31(28-20)16-34-19-10-8-18(9-11-19)25(4,5)6/h8-13,15,17H,7,14,16H2,1-6H3,(H,26,33)(H,27,32). The largest absolute Gasteiger partial charge is 0.471 e. The van der Waals surface area contributed by atoms with E-state index in [0.717, 1.165) is 5.75 Å². The van der Waals surface area contributed by atoms with Crippen LogP contribution in [0.25, 0.3) is 0 Å². The summed E-state index contributed by atoms with van der Waals surface area (Å²) >= 11 is 0. The Morgan fingerprint density at radius 2 is 1.74 bits per heavy atom. The summed E-state index contributed by atoms with van der Waals surface area (Å²) in [5, 5.41) is 14.2. The van der Waals surface area contributed by atoms with Gasteiger partial charge in [-0.3, -0.25) is 14.3 Å². The molecule has 3 aromatic rings. The van der Waals surface area contributed by atoms with Gasteiger partial charge in [0, 0.05) is 25.5 Å². The number of ether oxygens (including phenoxy) is 1. The van der Waals surface area contributed by atoms with Gasteiger partial charge in [-0.05, 0) is 42.0 Å². The monoisotopic (exact) mass is 466 g/mol. The number of carbonyl (C=O) groups is 2.